The number of fused-ring (bicyclic) bond motifs is 1. The summed E-state index contributed by atoms with van der Waals surface area (Å²) in [5.74, 6) is -0.495. The summed E-state index contributed by atoms with van der Waals surface area (Å²) >= 11 is 0. The molecule has 1 saturated heterocycles. The Labute approximate surface area is 172 Å². The van der Waals surface area contributed by atoms with Gasteiger partial charge in [0, 0.05) is 23.7 Å². The van der Waals surface area contributed by atoms with E-state index in [2.05, 4.69) is 27.1 Å². The fraction of sp³-hybridized carbons (Fsp3) is 0.476. The van der Waals surface area contributed by atoms with Crippen molar-refractivity contribution in [3.63, 3.8) is 0 Å². The number of nitrogens with zero attached hydrogens (tertiary/aromatic N) is 5. The van der Waals surface area contributed by atoms with Crippen LogP contribution in [0.5, 0.6) is 5.75 Å². The lowest BCUT2D eigenvalue weighted by Gasteiger charge is -2.30. The van der Waals surface area contributed by atoms with E-state index in [4.69, 9.17) is 0 Å². The van der Waals surface area contributed by atoms with Crippen molar-refractivity contribution in [2.45, 2.75) is 44.8 Å². The molecular weight excluding hydrogens is 395 g/mol. The molecule has 2 aromatic heterocycles. The Morgan fingerprint density at radius 3 is 2.60 bits per heavy atom. The Kier molecular flexibility index (Phi) is 5.17. The van der Waals surface area contributed by atoms with E-state index in [0.717, 1.165) is 43.6 Å². The van der Waals surface area contributed by atoms with Crippen LogP contribution in [0.2, 0.25) is 0 Å². The Hall–Kier alpha value is -2.68. The third-order valence-electron chi connectivity index (χ3n) is 5.67. The maximum Gasteiger partial charge on any atom is 0.416 e. The van der Waals surface area contributed by atoms with Gasteiger partial charge in [-0.3, -0.25) is 0 Å². The van der Waals surface area contributed by atoms with Crippen LogP contribution in [-0.4, -0.2) is 49.9 Å². The summed E-state index contributed by atoms with van der Waals surface area (Å²) in [5, 5.41) is 19.0. The molecule has 1 fully saturated rings. The molecule has 4 rings (SSSR count). The van der Waals surface area contributed by atoms with Crippen molar-refractivity contribution < 1.29 is 18.3 Å². The maximum absolute atomic E-state index is 13.0. The minimum absolute atomic E-state index is 0.0166. The second-order valence-electron chi connectivity index (χ2n) is 8.23. The normalized spacial score (nSPS) is 18.4. The van der Waals surface area contributed by atoms with Gasteiger partial charge in [-0.05, 0) is 50.6 Å². The zero-order valence-corrected chi connectivity index (χ0v) is 17.1. The first kappa shape index (κ1) is 20.6. The Balaban J connectivity index is 1.83. The number of phenolic OH excluding ortho intramolecular Hbond substituents is 1. The molecule has 0 amide bonds. The van der Waals surface area contributed by atoms with Crippen LogP contribution in [-0.2, 0) is 6.18 Å². The molecule has 160 valence electrons. The van der Waals surface area contributed by atoms with Gasteiger partial charge in [0.15, 0.2) is 5.65 Å². The summed E-state index contributed by atoms with van der Waals surface area (Å²) in [7, 11) is 2.09. The van der Waals surface area contributed by atoms with Crippen LogP contribution in [0, 0.1) is 0 Å². The third-order valence-corrected chi connectivity index (χ3v) is 5.67. The van der Waals surface area contributed by atoms with Crippen LogP contribution in [0.25, 0.3) is 22.4 Å². The molecule has 3 heterocycles. The monoisotopic (exact) mass is 419 g/mol. The number of likely N-dealkylation sites (tertiary alicyclic amines) is 1. The van der Waals surface area contributed by atoms with Gasteiger partial charge < -0.3 is 14.6 Å². The Morgan fingerprint density at radius 1 is 1.20 bits per heavy atom. The highest BCUT2D eigenvalue weighted by Gasteiger charge is 2.32. The molecule has 1 atom stereocenters. The number of aromatic nitrogens is 4. The van der Waals surface area contributed by atoms with Crippen molar-refractivity contribution in [2.24, 2.45) is 0 Å². The third kappa shape index (κ3) is 3.62. The zero-order chi connectivity index (χ0) is 21.6. The molecule has 1 N–H and O–H groups in total. The molecule has 30 heavy (non-hydrogen) atoms. The van der Waals surface area contributed by atoms with Gasteiger partial charge in [0.25, 0.3) is 0 Å². The van der Waals surface area contributed by atoms with E-state index >= 15 is 0 Å². The summed E-state index contributed by atoms with van der Waals surface area (Å²) in [5.41, 5.74) is 1.76. The highest BCUT2D eigenvalue weighted by Crippen LogP contribution is 2.40. The molecule has 1 aliphatic heterocycles. The molecule has 6 nitrogen and oxygen atoms in total. The molecule has 1 aliphatic rings. The van der Waals surface area contributed by atoms with Crippen molar-refractivity contribution in [1.29, 1.82) is 0 Å². The minimum atomic E-state index is -4.53. The summed E-state index contributed by atoms with van der Waals surface area (Å²) in [6.45, 7) is 5.89. The van der Waals surface area contributed by atoms with Crippen LogP contribution < -0.4 is 0 Å². The second-order valence-corrected chi connectivity index (χ2v) is 8.23. The molecule has 0 aliphatic carbocycles. The summed E-state index contributed by atoms with van der Waals surface area (Å²) < 4.78 is 41.0. The molecule has 1 aromatic carbocycles. The van der Waals surface area contributed by atoms with E-state index in [1.54, 1.807) is 6.33 Å². The Morgan fingerprint density at radius 2 is 1.97 bits per heavy atom. The van der Waals surface area contributed by atoms with E-state index in [9.17, 15) is 18.3 Å². The lowest BCUT2D eigenvalue weighted by atomic mass is 9.95. The van der Waals surface area contributed by atoms with Gasteiger partial charge in [-0.25, -0.2) is 4.98 Å². The number of rotatable bonds is 3. The molecule has 0 saturated carbocycles. The maximum atomic E-state index is 13.0. The smallest absolute Gasteiger partial charge is 0.416 e. The number of alkyl halides is 3. The van der Waals surface area contributed by atoms with Gasteiger partial charge in [-0.1, -0.05) is 13.8 Å². The second kappa shape index (κ2) is 7.54. The fourth-order valence-corrected chi connectivity index (χ4v) is 4.19. The molecule has 0 bridgehead atoms. The average molecular weight is 419 g/mol. The van der Waals surface area contributed by atoms with Gasteiger partial charge in [0.05, 0.1) is 11.9 Å². The van der Waals surface area contributed by atoms with Crippen molar-refractivity contribution in [1.82, 2.24) is 24.6 Å². The first-order valence-corrected chi connectivity index (χ1v) is 9.99. The van der Waals surface area contributed by atoms with Crippen LogP contribution in [0.3, 0.4) is 0 Å². The van der Waals surface area contributed by atoms with Crippen molar-refractivity contribution in [2.75, 3.05) is 20.1 Å². The van der Waals surface area contributed by atoms with E-state index in [1.807, 2.05) is 18.4 Å². The summed E-state index contributed by atoms with van der Waals surface area (Å²) in [4.78, 5) is 6.86. The van der Waals surface area contributed by atoms with Gasteiger partial charge in [0.1, 0.15) is 17.0 Å². The highest BCUT2D eigenvalue weighted by molar-refractivity contribution is 5.84. The standard InChI is InChI=1S/C21H24F3N5O/c1-12(2)17-18(15-7-6-13(9-16(15)30)21(22,23)24)26-27-20-19(17)25-11-29(20)14-5-4-8-28(3)10-14/h6-7,9,11-12,14,30H,4-5,8,10H2,1-3H3/t14-/m1/s1. The lowest BCUT2D eigenvalue weighted by molar-refractivity contribution is -0.137. The molecule has 0 spiro atoms. The van der Waals surface area contributed by atoms with E-state index in [1.165, 1.54) is 6.07 Å². The molecule has 9 heteroatoms. The van der Waals surface area contributed by atoms with Gasteiger partial charge >= 0.3 is 6.18 Å². The van der Waals surface area contributed by atoms with Crippen LogP contribution in [0.4, 0.5) is 13.2 Å². The molecule has 0 radical (unpaired) electrons. The predicted octanol–water partition coefficient (Wildman–Crippen LogP) is 4.61. The topological polar surface area (TPSA) is 67.1 Å². The number of benzene rings is 1. The first-order valence-electron chi connectivity index (χ1n) is 9.99. The average Bonchev–Trinajstić information content (AvgIpc) is 3.10. The number of imidazole rings is 1. The molecular formula is C21H24F3N5O. The SMILES string of the molecule is CC(C)c1c(-c2ccc(C(F)(F)F)cc2O)nnc2c1ncn2[C@@H]1CCCN(C)C1. The highest BCUT2D eigenvalue weighted by atomic mass is 19.4. The van der Waals surface area contributed by atoms with E-state index in [-0.39, 0.29) is 17.5 Å². The van der Waals surface area contributed by atoms with E-state index in [0.29, 0.717) is 16.9 Å². The molecule has 3 aromatic rings. The summed E-state index contributed by atoms with van der Waals surface area (Å²) in [6, 6.07) is 3.16. The predicted molar refractivity (Wildman–Crippen MR) is 107 cm³/mol. The lowest BCUT2D eigenvalue weighted by Crippen LogP contribution is -2.33. The van der Waals surface area contributed by atoms with Gasteiger partial charge in [-0.15, -0.1) is 10.2 Å². The largest absolute Gasteiger partial charge is 0.507 e. The minimum Gasteiger partial charge on any atom is -0.507 e. The number of aromatic hydroxyl groups is 1. The van der Waals surface area contributed by atoms with Crippen molar-refractivity contribution in [3.05, 3.63) is 35.7 Å². The first-order chi connectivity index (χ1) is 14.2. The zero-order valence-electron chi connectivity index (χ0n) is 17.1. The number of phenols is 1. The number of halogens is 3. The number of hydrogen-bond acceptors (Lipinski definition) is 5. The van der Waals surface area contributed by atoms with Gasteiger partial charge in [-0.2, -0.15) is 13.2 Å². The fourth-order valence-electron chi connectivity index (χ4n) is 4.19. The Bertz CT molecular complexity index is 1080. The molecule has 0 unspecified atom stereocenters. The van der Waals surface area contributed by atoms with Gasteiger partial charge in [0.2, 0.25) is 0 Å². The van der Waals surface area contributed by atoms with Crippen LogP contribution in [0.15, 0.2) is 24.5 Å². The van der Waals surface area contributed by atoms with E-state index < -0.39 is 17.5 Å². The quantitative estimate of drug-likeness (QED) is 0.672. The number of hydrogen-bond donors (Lipinski definition) is 1. The van der Waals surface area contributed by atoms with Crippen molar-refractivity contribution in [3.8, 4) is 17.0 Å². The summed E-state index contributed by atoms with van der Waals surface area (Å²) in [6.07, 6.45) is -0.650. The van der Waals surface area contributed by atoms with Crippen LogP contribution in [0.1, 0.15) is 49.8 Å². The number of piperidine rings is 1. The van der Waals surface area contributed by atoms with Crippen LogP contribution >= 0.6 is 0 Å². The van der Waals surface area contributed by atoms with Crippen molar-refractivity contribution >= 4 is 11.2 Å². The number of likely N-dealkylation sites (N-methyl/N-ethyl adjacent to an activating group) is 1.